The number of carboxylic acid groups (broad SMARTS) is 2. The lowest BCUT2D eigenvalue weighted by Crippen LogP contribution is -2.47. The Hall–Kier alpha value is -2.10. The van der Waals surface area contributed by atoms with E-state index in [4.69, 9.17) is 54.6 Å². The minimum absolute atomic E-state index is 0.619. The molecule has 0 bridgehead atoms. The van der Waals surface area contributed by atoms with Crippen molar-refractivity contribution >= 4 is 75.1 Å². The summed E-state index contributed by atoms with van der Waals surface area (Å²) >= 11 is 20.5. The van der Waals surface area contributed by atoms with Gasteiger partial charge in [-0.1, -0.05) is 46.9 Å². The summed E-state index contributed by atoms with van der Waals surface area (Å²) in [5.74, 6) is -2.59. The summed E-state index contributed by atoms with van der Waals surface area (Å²) < 4.78 is 0. The predicted octanol–water partition coefficient (Wildman–Crippen LogP) is 5.20. The van der Waals surface area contributed by atoms with Crippen LogP contribution in [0, 0.1) is 0 Å². The highest BCUT2D eigenvalue weighted by atomic mass is 35.5. The van der Waals surface area contributed by atoms with Crippen LogP contribution in [0.5, 0.6) is 0 Å². The van der Waals surface area contributed by atoms with Crippen LogP contribution in [0.25, 0.3) is 10.9 Å². The lowest BCUT2D eigenvalue weighted by atomic mass is 10.2. The molecule has 11 heteroatoms. The van der Waals surface area contributed by atoms with Gasteiger partial charge in [-0.3, -0.25) is 4.90 Å². The molecule has 4 rings (SSSR count). The second-order valence-corrected chi connectivity index (χ2v) is 9.56. The first-order chi connectivity index (χ1) is 15.8. The van der Waals surface area contributed by atoms with Crippen molar-refractivity contribution in [3.05, 3.63) is 57.7 Å². The van der Waals surface area contributed by atoms with Gasteiger partial charge in [0.25, 0.3) is 0 Å². The normalized spacial score (nSPS) is 14.1. The fourth-order valence-electron chi connectivity index (χ4n) is 3.42. The third-order valence-corrected chi connectivity index (χ3v) is 7.18. The van der Waals surface area contributed by atoms with Crippen molar-refractivity contribution < 1.29 is 19.8 Å². The molecule has 1 saturated heterocycles. The molecule has 3 aromatic rings. The molecule has 0 spiro atoms. The zero-order valence-electron chi connectivity index (χ0n) is 17.4. The van der Waals surface area contributed by atoms with Crippen molar-refractivity contribution in [2.75, 3.05) is 43.4 Å². The number of hydrogen-bond donors (Lipinski definition) is 3. The average Bonchev–Trinajstić information content (AvgIpc) is 3.18. The topological polar surface area (TPSA) is 96.9 Å². The molecule has 2 heterocycles. The van der Waals surface area contributed by atoms with E-state index in [2.05, 4.69) is 27.0 Å². The molecular formula is C22H22Cl3N3O4S. The third kappa shape index (κ3) is 6.94. The van der Waals surface area contributed by atoms with Crippen molar-refractivity contribution in [1.82, 2.24) is 9.88 Å². The maximum Gasteiger partial charge on any atom is 0.414 e. The quantitative estimate of drug-likeness (QED) is 0.308. The van der Waals surface area contributed by atoms with Gasteiger partial charge in [-0.2, -0.15) is 0 Å². The molecule has 1 aliphatic rings. The number of fused-ring (bicyclic) bond motifs is 1. The highest BCUT2D eigenvalue weighted by molar-refractivity contribution is 7.99. The Bertz CT molecular complexity index is 1120. The fraction of sp³-hybridized carbons (Fsp3) is 0.273. The maximum absolute atomic E-state index is 9.10. The van der Waals surface area contributed by atoms with Crippen LogP contribution in [0.15, 0.2) is 47.5 Å². The standard InChI is InChI=1S/C20H20Cl3N3S.C2H2O4/c21-14-4-5-15-17(12-14)24-13-19(15)27-11-10-25-6-8-26(9-7-25)18-3-1-2-16(22)20(18)23;3-1(4)2(5)6/h1-5,12-13,24H,6-11H2;(H,3,4)(H,5,6). The summed E-state index contributed by atoms with van der Waals surface area (Å²) in [7, 11) is 0. The lowest BCUT2D eigenvalue weighted by Gasteiger charge is -2.36. The van der Waals surface area contributed by atoms with Gasteiger partial charge in [0.1, 0.15) is 0 Å². The molecule has 176 valence electrons. The van der Waals surface area contributed by atoms with E-state index in [0.29, 0.717) is 10.0 Å². The number of nitrogens with zero attached hydrogens (tertiary/aromatic N) is 2. The molecular weight excluding hydrogens is 509 g/mol. The molecule has 3 N–H and O–H groups in total. The second kappa shape index (κ2) is 11.9. The zero-order chi connectivity index (χ0) is 24.0. The number of anilines is 1. The molecule has 0 amide bonds. The summed E-state index contributed by atoms with van der Waals surface area (Å²) in [6.45, 7) is 5.08. The number of halogens is 3. The molecule has 0 atom stereocenters. The monoisotopic (exact) mass is 529 g/mol. The predicted molar refractivity (Wildman–Crippen MR) is 134 cm³/mol. The number of aromatic amines is 1. The zero-order valence-corrected chi connectivity index (χ0v) is 20.5. The Morgan fingerprint density at radius 2 is 1.70 bits per heavy atom. The number of benzene rings is 2. The molecule has 33 heavy (non-hydrogen) atoms. The molecule has 7 nitrogen and oxygen atoms in total. The van der Waals surface area contributed by atoms with Crippen LogP contribution in [-0.2, 0) is 9.59 Å². The first kappa shape index (κ1) is 25.5. The van der Waals surface area contributed by atoms with E-state index in [0.717, 1.165) is 54.7 Å². The maximum atomic E-state index is 9.10. The summed E-state index contributed by atoms with van der Waals surface area (Å²) in [5.41, 5.74) is 2.13. The molecule has 0 radical (unpaired) electrons. The number of aliphatic carboxylic acids is 2. The van der Waals surface area contributed by atoms with Crippen molar-refractivity contribution in [3.63, 3.8) is 0 Å². The molecule has 1 aliphatic heterocycles. The van der Waals surface area contributed by atoms with E-state index < -0.39 is 11.9 Å². The van der Waals surface area contributed by atoms with Gasteiger partial charge in [0.2, 0.25) is 0 Å². The first-order valence-corrected chi connectivity index (χ1v) is 12.1. The fourth-order valence-corrected chi connectivity index (χ4v) is 5.06. The highest BCUT2D eigenvalue weighted by Crippen LogP contribution is 2.33. The van der Waals surface area contributed by atoms with Gasteiger partial charge in [-0.05, 0) is 24.3 Å². The highest BCUT2D eigenvalue weighted by Gasteiger charge is 2.19. The SMILES string of the molecule is Clc1ccc2c(SCCN3CCN(c4cccc(Cl)c4Cl)CC3)c[nH]c2c1.O=C(O)C(=O)O. The lowest BCUT2D eigenvalue weighted by molar-refractivity contribution is -0.159. The Balaban J connectivity index is 0.000000454. The van der Waals surface area contributed by atoms with Gasteiger partial charge in [-0.15, -0.1) is 11.8 Å². The number of carbonyl (C=O) groups is 2. The number of H-pyrrole nitrogens is 1. The van der Waals surface area contributed by atoms with E-state index >= 15 is 0 Å². The average molecular weight is 531 g/mol. The third-order valence-electron chi connectivity index (χ3n) is 5.10. The Labute approximate surface area is 210 Å². The van der Waals surface area contributed by atoms with E-state index in [1.165, 1.54) is 10.3 Å². The molecule has 0 unspecified atom stereocenters. The van der Waals surface area contributed by atoms with Crippen LogP contribution in [0.3, 0.4) is 0 Å². The second-order valence-electron chi connectivity index (χ2n) is 7.20. The molecule has 0 aliphatic carbocycles. The van der Waals surface area contributed by atoms with Gasteiger partial charge >= 0.3 is 11.9 Å². The van der Waals surface area contributed by atoms with Crippen molar-refractivity contribution in [2.45, 2.75) is 4.90 Å². The van der Waals surface area contributed by atoms with Gasteiger partial charge in [-0.25, -0.2) is 9.59 Å². The number of aromatic nitrogens is 1. The molecule has 2 aromatic carbocycles. The summed E-state index contributed by atoms with van der Waals surface area (Å²) in [5, 5.41) is 18.1. The van der Waals surface area contributed by atoms with Gasteiger partial charge in [0.15, 0.2) is 0 Å². The van der Waals surface area contributed by atoms with Crippen LogP contribution in [0.2, 0.25) is 15.1 Å². The Morgan fingerprint density at radius 1 is 1.00 bits per heavy atom. The number of hydrogen-bond acceptors (Lipinski definition) is 5. The van der Waals surface area contributed by atoms with Crippen LogP contribution in [0.4, 0.5) is 5.69 Å². The smallest absolute Gasteiger partial charge is 0.414 e. The van der Waals surface area contributed by atoms with Crippen LogP contribution in [-0.4, -0.2) is 70.5 Å². The van der Waals surface area contributed by atoms with E-state index in [1.54, 1.807) is 0 Å². The van der Waals surface area contributed by atoms with Crippen LogP contribution < -0.4 is 4.90 Å². The number of nitrogens with one attached hydrogen (secondary N) is 1. The summed E-state index contributed by atoms with van der Waals surface area (Å²) in [4.78, 5) is 27.6. The van der Waals surface area contributed by atoms with Crippen molar-refractivity contribution in [1.29, 1.82) is 0 Å². The van der Waals surface area contributed by atoms with Gasteiger partial charge in [0, 0.05) is 65.5 Å². The van der Waals surface area contributed by atoms with E-state index in [-0.39, 0.29) is 0 Å². The van der Waals surface area contributed by atoms with Gasteiger partial charge in [0.05, 0.1) is 15.7 Å². The van der Waals surface area contributed by atoms with Crippen LogP contribution in [0.1, 0.15) is 0 Å². The van der Waals surface area contributed by atoms with E-state index in [1.807, 2.05) is 42.1 Å². The van der Waals surface area contributed by atoms with Gasteiger partial charge < -0.3 is 20.1 Å². The van der Waals surface area contributed by atoms with Crippen molar-refractivity contribution in [3.8, 4) is 0 Å². The Kier molecular flexibility index (Phi) is 9.17. The Morgan fingerprint density at radius 3 is 2.36 bits per heavy atom. The number of rotatable bonds is 5. The largest absolute Gasteiger partial charge is 0.473 e. The minimum atomic E-state index is -1.82. The number of piperazine rings is 1. The molecule has 1 aromatic heterocycles. The van der Waals surface area contributed by atoms with Crippen molar-refractivity contribution in [2.24, 2.45) is 0 Å². The first-order valence-electron chi connectivity index (χ1n) is 10.0. The summed E-state index contributed by atoms with van der Waals surface area (Å²) in [6, 6.07) is 11.8. The van der Waals surface area contributed by atoms with E-state index in [9.17, 15) is 0 Å². The molecule has 0 saturated carbocycles. The number of thioether (sulfide) groups is 1. The summed E-state index contributed by atoms with van der Waals surface area (Å²) in [6.07, 6.45) is 2.07. The minimum Gasteiger partial charge on any atom is -0.473 e. The molecule has 1 fully saturated rings. The van der Waals surface area contributed by atoms with Crippen LogP contribution >= 0.6 is 46.6 Å². The number of carboxylic acids is 2.